The minimum Gasteiger partial charge on any atom is -0.352 e. The molecule has 5 rings (SSSR count). The topological polar surface area (TPSA) is 54.7 Å². The van der Waals surface area contributed by atoms with Crippen molar-refractivity contribution in [2.24, 2.45) is 0 Å². The minimum absolute atomic E-state index is 0.391. The van der Waals surface area contributed by atoms with Crippen LogP contribution in [0.4, 0.5) is 0 Å². The van der Waals surface area contributed by atoms with Crippen molar-refractivity contribution in [3.05, 3.63) is 57.0 Å². The highest BCUT2D eigenvalue weighted by molar-refractivity contribution is 9.10. The molecule has 3 aromatic heterocycles. The number of hydrogen-bond donors (Lipinski definition) is 1. The largest absolute Gasteiger partial charge is 0.352 e. The number of hydrogen-bond acceptors (Lipinski definition) is 4. The second-order valence-corrected chi connectivity index (χ2v) is 8.51. The van der Waals surface area contributed by atoms with E-state index in [1.807, 2.05) is 42.5 Å². The van der Waals surface area contributed by atoms with E-state index in [0.717, 1.165) is 36.0 Å². The fraction of sp³-hybridized carbons (Fsp3) is 0. The minimum atomic E-state index is 0.391. The van der Waals surface area contributed by atoms with Crippen LogP contribution in [-0.4, -0.2) is 15.1 Å². The van der Waals surface area contributed by atoms with E-state index in [1.54, 1.807) is 0 Å². The van der Waals surface area contributed by atoms with Crippen molar-refractivity contribution in [2.75, 3.05) is 0 Å². The third-order valence-electron chi connectivity index (χ3n) is 4.04. The summed E-state index contributed by atoms with van der Waals surface area (Å²) in [5.74, 6) is 0.876. The van der Waals surface area contributed by atoms with Gasteiger partial charge in [0, 0.05) is 30.5 Å². The normalized spacial score (nSPS) is 11.7. The Bertz CT molecular complexity index is 1290. The lowest BCUT2D eigenvalue weighted by atomic mass is 10.2. The standard InChI is InChI=1S/C18H8BrCl2N3OS/c19-9-1-4-12-8(5-9)6-13(22-12)17-23-18(25-24-17)16-15(21)11-3-2-10(20)7-14(11)26-16/h1-7,22H. The summed E-state index contributed by atoms with van der Waals surface area (Å²) in [7, 11) is 0. The van der Waals surface area contributed by atoms with Crippen LogP contribution in [-0.2, 0) is 0 Å². The van der Waals surface area contributed by atoms with E-state index in [4.69, 9.17) is 27.7 Å². The molecule has 0 spiro atoms. The SMILES string of the molecule is Clc1ccc2c(Cl)c(-c3nc(-c4cc5cc(Br)ccc5[nH]4)no3)sc2c1. The van der Waals surface area contributed by atoms with Gasteiger partial charge in [0.15, 0.2) is 0 Å². The highest BCUT2D eigenvalue weighted by atomic mass is 79.9. The Balaban J connectivity index is 1.60. The van der Waals surface area contributed by atoms with Gasteiger partial charge in [-0.3, -0.25) is 0 Å². The molecular weight excluding hydrogens is 457 g/mol. The van der Waals surface area contributed by atoms with E-state index in [9.17, 15) is 0 Å². The van der Waals surface area contributed by atoms with Gasteiger partial charge in [-0.25, -0.2) is 0 Å². The molecule has 0 saturated heterocycles. The number of fused-ring (bicyclic) bond motifs is 2. The second-order valence-electron chi connectivity index (χ2n) is 5.72. The number of benzene rings is 2. The molecule has 0 bridgehead atoms. The maximum atomic E-state index is 6.51. The Labute approximate surface area is 169 Å². The summed E-state index contributed by atoms with van der Waals surface area (Å²) in [6.07, 6.45) is 0. The molecule has 0 amide bonds. The fourth-order valence-electron chi connectivity index (χ4n) is 2.83. The number of H-pyrrole nitrogens is 1. The number of aromatic nitrogens is 3. The molecule has 0 unspecified atom stereocenters. The zero-order chi connectivity index (χ0) is 17.8. The number of nitrogens with zero attached hydrogens (tertiary/aromatic N) is 2. The van der Waals surface area contributed by atoms with Crippen molar-refractivity contribution in [3.8, 4) is 22.3 Å². The molecule has 8 heteroatoms. The molecule has 0 aliphatic rings. The van der Waals surface area contributed by atoms with E-state index < -0.39 is 0 Å². The molecule has 5 aromatic rings. The molecule has 128 valence electrons. The van der Waals surface area contributed by atoms with Crippen LogP contribution in [0.2, 0.25) is 10.0 Å². The van der Waals surface area contributed by atoms with Crippen molar-refractivity contribution < 1.29 is 4.52 Å². The maximum absolute atomic E-state index is 6.51. The highest BCUT2D eigenvalue weighted by Crippen LogP contribution is 2.42. The van der Waals surface area contributed by atoms with Gasteiger partial charge in [-0.1, -0.05) is 50.4 Å². The first-order valence-electron chi connectivity index (χ1n) is 7.59. The average Bonchev–Trinajstić information content (AvgIpc) is 3.31. The monoisotopic (exact) mass is 463 g/mol. The molecular formula is C18H8BrCl2N3OS. The van der Waals surface area contributed by atoms with E-state index in [-0.39, 0.29) is 0 Å². The summed E-state index contributed by atoms with van der Waals surface area (Å²) in [6, 6.07) is 13.6. The first-order chi connectivity index (χ1) is 12.6. The lowest BCUT2D eigenvalue weighted by molar-refractivity contribution is 0.433. The van der Waals surface area contributed by atoms with E-state index >= 15 is 0 Å². The van der Waals surface area contributed by atoms with Gasteiger partial charge in [0.05, 0.1) is 10.7 Å². The summed E-state index contributed by atoms with van der Waals surface area (Å²) in [4.78, 5) is 8.56. The van der Waals surface area contributed by atoms with E-state index in [1.165, 1.54) is 11.3 Å². The quantitative estimate of drug-likeness (QED) is 0.301. The second kappa shape index (κ2) is 6.09. The Morgan fingerprint density at radius 1 is 1.08 bits per heavy atom. The van der Waals surface area contributed by atoms with Crippen LogP contribution in [0.5, 0.6) is 0 Å². The van der Waals surface area contributed by atoms with Crippen LogP contribution < -0.4 is 0 Å². The van der Waals surface area contributed by atoms with Crippen LogP contribution in [0.3, 0.4) is 0 Å². The molecule has 0 fully saturated rings. The molecule has 0 saturated carbocycles. The third-order valence-corrected chi connectivity index (χ3v) is 6.41. The van der Waals surface area contributed by atoms with Gasteiger partial charge in [0.25, 0.3) is 5.89 Å². The summed E-state index contributed by atoms with van der Waals surface area (Å²) in [5.41, 5.74) is 1.79. The molecule has 4 nitrogen and oxygen atoms in total. The van der Waals surface area contributed by atoms with Crippen LogP contribution in [0.25, 0.3) is 43.3 Å². The predicted octanol–water partition coefficient (Wildman–Crippen LogP) is 7.17. The van der Waals surface area contributed by atoms with Gasteiger partial charge in [0.1, 0.15) is 4.88 Å². The first-order valence-corrected chi connectivity index (χ1v) is 9.95. The van der Waals surface area contributed by atoms with Gasteiger partial charge in [-0.15, -0.1) is 11.3 Å². The summed E-state index contributed by atoms with van der Waals surface area (Å²) < 4.78 is 7.46. The number of halogens is 3. The fourth-order valence-corrected chi connectivity index (χ4v) is 4.91. The van der Waals surface area contributed by atoms with Gasteiger partial charge < -0.3 is 9.51 Å². The number of rotatable bonds is 2. The lowest BCUT2D eigenvalue weighted by Gasteiger charge is -1.90. The van der Waals surface area contributed by atoms with Gasteiger partial charge in [-0.05, 0) is 36.4 Å². The maximum Gasteiger partial charge on any atom is 0.269 e. The van der Waals surface area contributed by atoms with Crippen molar-refractivity contribution in [1.82, 2.24) is 15.1 Å². The Morgan fingerprint density at radius 3 is 2.85 bits per heavy atom. The van der Waals surface area contributed by atoms with Crippen molar-refractivity contribution in [3.63, 3.8) is 0 Å². The third kappa shape index (κ3) is 2.65. The van der Waals surface area contributed by atoms with Crippen molar-refractivity contribution in [2.45, 2.75) is 0 Å². The predicted molar refractivity (Wildman–Crippen MR) is 110 cm³/mol. The summed E-state index contributed by atoms with van der Waals surface area (Å²) in [6.45, 7) is 0. The average molecular weight is 465 g/mol. The van der Waals surface area contributed by atoms with E-state index in [2.05, 4.69) is 31.1 Å². The van der Waals surface area contributed by atoms with E-state index in [0.29, 0.717) is 21.8 Å². The van der Waals surface area contributed by atoms with Crippen LogP contribution in [0.15, 0.2) is 51.5 Å². The van der Waals surface area contributed by atoms with Gasteiger partial charge in [0.2, 0.25) is 5.82 Å². The lowest BCUT2D eigenvalue weighted by Crippen LogP contribution is -1.79. The molecule has 0 atom stereocenters. The molecule has 2 aromatic carbocycles. The Hall–Kier alpha value is -1.86. The smallest absolute Gasteiger partial charge is 0.269 e. The summed E-state index contributed by atoms with van der Waals surface area (Å²) >= 11 is 17.5. The van der Waals surface area contributed by atoms with Gasteiger partial charge in [-0.2, -0.15) is 4.98 Å². The number of aromatic amines is 1. The van der Waals surface area contributed by atoms with Crippen molar-refractivity contribution in [1.29, 1.82) is 0 Å². The molecule has 0 aliphatic carbocycles. The summed E-state index contributed by atoms with van der Waals surface area (Å²) in [5, 5.41) is 7.35. The van der Waals surface area contributed by atoms with Gasteiger partial charge >= 0.3 is 0 Å². The first kappa shape index (κ1) is 16.3. The Morgan fingerprint density at radius 2 is 1.96 bits per heavy atom. The molecule has 1 N–H and O–H groups in total. The number of thiophene rings is 1. The van der Waals surface area contributed by atoms with Crippen LogP contribution >= 0.6 is 50.5 Å². The molecule has 0 radical (unpaired) electrons. The van der Waals surface area contributed by atoms with Crippen LogP contribution in [0, 0.1) is 0 Å². The Kier molecular flexibility index (Phi) is 3.83. The zero-order valence-electron chi connectivity index (χ0n) is 12.9. The number of nitrogens with one attached hydrogen (secondary N) is 1. The zero-order valence-corrected chi connectivity index (χ0v) is 16.8. The highest BCUT2D eigenvalue weighted by Gasteiger charge is 2.19. The van der Waals surface area contributed by atoms with Crippen LogP contribution in [0.1, 0.15) is 0 Å². The molecule has 0 aliphatic heterocycles. The van der Waals surface area contributed by atoms with Crippen molar-refractivity contribution >= 4 is 71.5 Å². The molecule has 3 heterocycles. The molecule has 26 heavy (non-hydrogen) atoms.